The molecule has 2 aliphatic rings. The van der Waals surface area contributed by atoms with Crippen LogP contribution < -0.4 is 5.32 Å². The van der Waals surface area contributed by atoms with E-state index in [2.05, 4.69) is 10.2 Å². The molecule has 0 radical (unpaired) electrons. The van der Waals surface area contributed by atoms with Crippen LogP contribution in [-0.2, 0) is 12.6 Å². The van der Waals surface area contributed by atoms with E-state index in [4.69, 9.17) is 24.8 Å². The molecule has 4 heteroatoms. The van der Waals surface area contributed by atoms with Crippen molar-refractivity contribution in [1.29, 1.82) is 0 Å². The van der Waals surface area contributed by atoms with Crippen LogP contribution in [-0.4, -0.2) is 35.4 Å². The molecule has 0 aromatic heterocycles. The lowest BCUT2D eigenvalue weighted by Crippen LogP contribution is -2.32. The molecular formula is C11H21N2S2-. The Hall–Kier alpha value is 0.0700. The van der Waals surface area contributed by atoms with Crippen molar-refractivity contribution >= 4 is 29.2 Å². The summed E-state index contributed by atoms with van der Waals surface area (Å²) in [6.07, 6.45) is 8.08. The fourth-order valence-electron chi connectivity index (χ4n) is 1.88. The standard InChI is InChI=1S/C6H11NS2.C5H11N/c8-6(9)7-4-2-1-3-5-7;1-2-4-6-5-3-1/h1-5H2,(H,8,9);6H,1-5H2/p-1. The predicted octanol–water partition coefficient (Wildman–Crippen LogP) is 2.06. The van der Waals surface area contributed by atoms with Gasteiger partial charge in [0.1, 0.15) is 0 Å². The van der Waals surface area contributed by atoms with Gasteiger partial charge in [-0.3, -0.25) is 0 Å². The summed E-state index contributed by atoms with van der Waals surface area (Å²) in [4.78, 5) is 2.11. The van der Waals surface area contributed by atoms with Gasteiger partial charge in [0, 0.05) is 13.1 Å². The van der Waals surface area contributed by atoms with Gasteiger partial charge in [0.15, 0.2) is 0 Å². The van der Waals surface area contributed by atoms with E-state index in [0.717, 1.165) is 13.1 Å². The molecule has 0 aliphatic carbocycles. The molecule has 2 fully saturated rings. The minimum Gasteiger partial charge on any atom is -0.411 e. The maximum atomic E-state index is 4.86. The van der Waals surface area contributed by atoms with Crippen molar-refractivity contribution in [3.05, 3.63) is 0 Å². The summed E-state index contributed by atoms with van der Waals surface area (Å²) >= 11 is 9.71. The third kappa shape index (κ3) is 6.28. The van der Waals surface area contributed by atoms with Crippen molar-refractivity contribution in [1.82, 2.24) is 10.2 Å². The molecule has 0 atom stereocenters. The maximum absolute atomic E-state index is 4.86. The molecule has 15 heavy (non-hydrogen) atoms. The Kier molecular flexibility index (Phi) is 7.22. The Bertz CT molecular complexity index is 164. The fraction of sp³-hybridized carbons (Fsp3) is 0.909. The highest BCUT2D eigenvalue weighted by atomic mass is 32.1. The Labute approximate surface area is 104 Å². The highest BCUT2D eigenvalue weighted by Crippen LogP contribution is 2.08. The number of hydrogen-bond acceptors (Lipinski definition) is 3. The van der Waals surface area contributed by atoms with Gasteiger partial charge >= 0.3 is 0 Å². The molecule has 2 heterocycles. The lowest BCUT2D eigenvalue weighted by Gasteiger charge is -2.31. The Morgan fingerprint density at radius 3 is 1.73 bits per heavy atom. The summed E-state index contributed by atoms with van der Waals surface area (Å²) in [7, 11) is 0. The third-order valence-electron chi connectivity index (χ3n) is 2.82. The molecule has 0 aromatic carbocycles. The van der Waals surface area contributed by atoms with Gasteiger partial charge in [-0.15, -0.1) is 0 Å². The van der Waals surface area contributed by atoms with Gasteiger partial charge in [-0.25, -0.2) is 0 Å². The molecule has 0 unspecified atom stereocenters. The van der Waals surface area contributed by atoms with Crippen LogP contribution in [0.2, 0.25) is 0 Å². The molecule has 0 spiro atoms. The fourth-order valence-corrected chi connectivity index (χ4v) is 2.24. The Balaban J connectivity index is 0.000000162. The summed E-state index contributed by atoms with van der Waals surface area (Å²) in [6, 6.07) is 0. The van der Waals surface area contributed by atoms with E-state index in [9.17, 15) is 0 Å². The van der Waals surface area contributed by atoms with E-state index in [-0.39, 0.29) is 0 Å². The lowest BCUT2D eigenvalue weighted by molar-refractivity contribution is 0.352. The van der Waals surface area contributed by atoms with E-state index in [0.29, 0.717) is 4.32 Å². The second kappa shape index (κ2) is 8.25. The smallest absolute Gasteiger partial charge is 0.0162 e. The SMILES string of the molecule is C1CCNCC1.S=C([S-])N1CCCCC1. The van der Waals surface area contributed by atoms with Gasteiger partial charge in [0.05, 0.1) is 0 Å². The highest BCUT2D eigenvalue weighted by molar-refractivity contribution is 8.00. The summed E-state index contributed by atoms with van der Waals surface area (Å²) in [5.74, 6) is 0. The molecule has 2 aliphatic heterocycles. The molecular weight excluding hydrogens is 224 g/mol. The second-order valence-electron chi connectivity index (χ2n) is 4.12. The van der Waals surface area contributed by atoms with Crippen LogP contribution in [0.3, 0.4) is 0 Å². The van der Waals surface area contributed by atoms with Crippen molar-refractivity contribution in [3.63, 3.8) is 0 Å². The number of thiocarbonyl (C=S) groups is 1. The van der Waals surface area contributed by atoms with E-state index >= 15 is 0 Å². The van der Waals surface area contributed by atoms with Gasteiger partial charge in [0.25, 0.3) is 0 Å². The van der Waals surface area contributed by atoms with Gasteiger partial charge in [-0.1, -0.05) is 10.7 Å². The first kappa shape index (κ1) is 13.1. The van der Waals surface area contributed by atoms with Crippen LogP contribution in [0.25, 0.3) is 0 Å². The van der Waals surface area contributed by atoms with Crippen LogP contribution >= 0.6 is 12.2 Å². The molecule has 0 amide bonds. The molecule has 2 rings (SSSR count). The first-order valence-electron chi connectivity index (χ1n) is 5.97. The van der Waals surface area contributed by atoms with E-state index in [1.54, 1.807) is 0 Å². The second-order valence-corrected chi connectivity index (χ2v) is 5.16. The van der Waals surface area contributed by atoms with Gasteiger partial charge in [0.2, 0.25) is 0 Å². The predicted molar refractivity (Wildman–Crippen MR) is 72.1 cm³/mol. The summed E-state index contributed by atoms with van der Waals surface area (Å²) in [5, 5.41) is 3.28. The van der Waals surface area contributed by atoms with Crippen LogP contribution in [0, 0.1) is 0 Å². The number of piperidine rings is 2. The number of rotatable bonds is 0. The zero-order valence-electron chi connectivity index (χ0n) is 9.33. The zero-order chi connectivity index (χ0) is 10.9. The maximum Gasteiger partial charge on any atom is 0.0162 e. The van der Waals surface area contributed by atoms with Crippen molar-refractivity contribution in [2.24, 2.45) is 0 Å². The molecule has 0 aromatic rings. The summed E-state index contributed by atoms with van der Waals surface area (Å²) in [5.41, 5.74) is 0. The average Bonchev–Trinajstić information content (AvgIpc) is 2.33. The monoisotopic (exact) mass is 245 g/mol. The first-order chi connectivity index (χ1) is 7.30. The van der Waals surface area contributed by atoms with Crippen molar-refractivity contribution < 1.29 is 0 Å². The van der Waals surface area contributed by atoms with Crippen molar-refractivity contribution in [2.75, 3.05) is 26.2 Å². The number of nitrogens with one attached hydrogen (secondary N) is 1. The Morgan fingerprint density at radius 1 is 0.933 bits per heavy atom. The normalized spacial score (nSPS) is 21.5. The quantitative estimate of drug-likeness (QED) is 0.519. The van der Waals surface area contributed by atoms with Crippen molar-refractivity contribution in [3.8, 4) is 0 Å². The zero-order valence-corrected chi connectivity index (χ0v) is 11.0. The van der Waals surface area contributed by atoms with Crippen LogP contribution in [0.15, 0.2) is 0 Å². The van der Waals surface area contributed by atoms with Gasteiger partial charge in [-0.05, 0) is 45.2 Å². The van der Waals surface area contributed by atoms with Crippen LogP contribution in [0.4, 0.5) is 0 Å². The minimum atomic E-state index is 0.648. The number of hydrogen-bond donors (Lipinski definition) is 1. The first-order valence-corrected chi connectivity index (χ1v) is 6.79. The molecule has 1 N–H and O–H groups in total. The summed E-state index contributed by atoms with van der Waals surface area (Å²) < 4.78 is 0.648. The Morgan fingerprint density at radius 2 is 1.47 bits per heavy atom. The van der Waals surface area contributed by atoms with Crippen LogP contribution in [0.5, 0.6) is 0 Å². The largest absolute Gasteiger partial charge is 0.411 e. The summed E-state index contributed by atoms with van der Waals surface area (Å²) in [6.45, 7) is 4.67. The van der Waals surface area contributed by atoms with E-state index in [1.165, 1.54) is 51.6 Å². The minimum absolute atomic E-state index is 0.648. The van der Waals surface area contributed by atoms with Crippen molar-refractivity contribution in [2.45, 2.75) is 38.5 Å². The molecule has 88 valence electrons. The van der Waals surface area contributed by atoms with Gasteiger partial charge in [-0.2, -0.15) is 0 Å². The molecule has 2 nitrogen and oxygen atoms in total. The van der Waals surface area contributed by atoms with E-state index in [1.807, 2.05) is 0 Å². The number of likely N-dealkylation sites (tertiary alicyclic amines) is 1. The average molecular weight is 245 g/mol. The van der Waals surface area contributed by atoms with Crippen LogP contribution in [0.1, 0.15) is 38.5 Å². The molecule has 0 saturated carbocycles. The lowest BCUT2D eigenvalue weighted by atomic mass is 10.1. The topological polar surface area (TPSA) is 15.3 Å². The third-order valence-corrected chi connectivity index (χ3v) is 3.34. The van der Waals surface area contributed by atoms with E-state index < -0.39 is 0 Å². The highest BCUT2D eigenvalue weighted by Gasteiger charge is 2.05. The molecule has 2 saturated heterocycles. The van der Waals surface area contributed by atoms with Gasteiger partial charge < -0.3 is 35.1 Å². The molecule has 0 bridgehead atoms. The number of nitrogens with zero attached hydrogens (tertiary/aromatic N) is 1.